The molecule has 0 saturated heterocycles. The zero-order valence-electron chi connectivity index (χ0n) is 12.0. The van der Waals surface area contributed by atoms with Crippen molar-refractivity contribution in [3.8, 4) is 0 Å². The summed E-state index contributed by atoms with van der Waals surface area (Å²) in [4.78, 5) is 33.1. The van der Waals surface area contributed by atoms with E-state index in [0.29, 0.717) is 5.32 Å². The number of hydrogen-bond acceptors (Lipinski definition) is 5. The molecule has 5 N–H and O–H groups in total. The number of nitrogens with one attached hydrogen (secondary N) is 1. The van der Waals surface area contributed by atoms with Gasteiger partial charge in [-0.15, -0.1) is 0 Å². The van der Waals surface area contributed by atoms with Gasteiger partial charge in [0.1, 0.15) is 0 Å². The second kappa shape index (κ2) is 9.27. The van der Waals surface area contributed by atoms with Gasteiger partial charge in [0.2, 0.25) is 0 Å². The molecule has 0 aliphatic heterocycles. The fourth-order valence-corrected chi connectivity index (χ4v) is 7.88. The number of carbonyl (C=O) groups is 3. The maximum absolute atomic E-state index is 11.5. The van der Waals surface area contributed by atoms with Crippen molar-refractivity contribution in [2.24, 2.45) is 5.73 Å². The van der Waals surface area contributed by atoms with E-state index in [-0.39, 0.29) is 31.6 Å². The van der Waals surface area contributed by atoms with E-state index in [1.807, 2.05) is 0 Å². The Morgan fingerprint density at radius 3 is 2.10 bits per heavy atom. The average Bonchev–Trinajstić information content (AvgIpc) is 2.29. The van der Waals surface area contributed by atoms with Crippen LogP contribution < -0.4 is 11.1 Å². The third-order valence-electron chi connectivity index (χ3n) is 1.87. The quantitative estimate of drug-likeness (QED) is 0.300. The molecule has 1 amide bonds. The van der Waals surface area contributed by atoms with E-state index in [1.54, 1.807) is 20.8 Å². The van der Waals surface area contributed by atoms with Gasteiger partial charge in [0.05, 0.1) is 0 Å². The third-order valence-corrected chi connectivity index (χ3v) is 9.03. The molecule has 0 fully saturated rings. The van der Waals surface area contributed by atoms with Crippen LogP contribution in [0.4, 0.5) is 4.79 Å². The van der Waals surface area contributed by atoms with Crippen molar-refractivity contribution >= 4 is 44.3 Å². The molecule has 2 atom stereocenters. The minimum atomic E-state index is -1.14. The Kier molecular flexibility index (Phi) is 8.92. The van der Waals surface area contributed by atoms with Crippen molar-refractivity contribution in [2.45, 2.75) is 49.1 Å². The summed E-state index contributed by atoms with van der Waals surface area (Å²) in [5.74, 6) is -2.20. The Balaban J connectivity index is 4.18. The van der Waals surface area contributed by atoms with E-state index >= 15 is 0 Å². The van der Waals surface area contributed by atoms with Crippen LogP contribution in [0, 0.1) is 0 Å². The molecule has 0 aromatic heterocycles. The van der Waals surface area contributed by atoms with Crippen LogP contribution in [0.1, 0.15) is 20.8 Å². The Morgan fingerprint density at radius 2 is 1.67 bits per heavy atom. The number of rotatable bonds is 8. The number of carboxylic acid groups (broad SMARTS) is 2. The molecule has 122 valence electrons. The van der Waals surface area contributed by atoms with Crippen LogP contribution >= 0.6 is 0 Å². The Bertz CT molecular complexity index is 385. The fraction of sp³-hybridized carbons (Fsp3) is 0.727. The third kappa shape index (κ3) is 10.6. The molecule has 0 unspecified atom stereocenters. The zero-order chi connectivity index (χ0) is 16.6. The van der Waals surface area contributed by atoms with Crippen LogP contribution in [0.3, 0.4) is 0 Å². The first kappa shape index (κ1) is 20.2. The van der Waals surface area contributed by atoms with Gasteiger partial charge in [-0.3, -0.25) is 0 Å². The predicted molar refractivity (Wildman–Crippen MR) is 77.5 cm³/mol. The number of hydrogen-bond donors (Lipinski definition) is 4. The van der Waals surface area contributed by atoms with Gasteiger partial charge >= 0.3 is 134 Å². The number of ether oxygens (including phenoxy) is 1. The van der Waals surface area contributed by atoms with Gasteiger partial charge < -0.3 is 0 Å². The SMILES string of the molecule is CC(C)(C)OC(=O)N[C@@H](C[Se][Se]C[C@H](N)C(=O)O)C(=O)O. The molecule has 8 nitrogen and oxygen atoms in total. The van der Waals surface area contributed by atoms with E-state index in [0.717, 1.165) is 0 Å². The van der Waals surface area contributed by atoms with Gasteiger partial charge in [0.15, 0.2) is 0 Å². The molecule has 10 heteroatoms. The molecule has 0 rings (SSSR count). The van der Waals surface area contributed by atoms with Gasteiger partial charge in [-0.05, 0) is 0 Å². The van der Waals surface area contributed by atoms with E-state index in [9.17, 15) is 14.4 Å². The molecular formula is C11H20N2O6Se2. The fourth-order valence-electron chi connectivity index (χ4n) is 0.933. The summed E-state index contributed by atoms with van der Waals surface area (Å²) in [5, 5.41) is 20.6. The van der Waals surface area contributed by atoms with Crippen LogP contribution in [0.25, 0.3) is 0 Å². The van der Waals surface area contributed by atoms with Crippen LogP contribution in [0.5, 0.6) is 0 Å². The minimum absolute atomic E-state index is 0.0336. The monoisotopic (exact) mass is 436 g/mol. The van der Waals surface area contributed by atoms with Gasteiger partial charge in [-0.2, -0.15) is 0 Å². The van der Waals surface area contributed by atoms with E-state index < -0.39 is 35.7 Å². The van der Waals surface area contributed by atoms with Crippen LogP contribution in [-0.4, -0.2) is 72.2 Å². The maximum atomic E-state index is 11.5. The van der Waals surface area contributed by atoms with Crippen molar-refractivity contribution in [2.75, 3.05) is 0 Å². The summed E-state index contributed by atoms with van der Waals surface area (Å²) in [6.45, 7) is 5.05. The Morgan fingerprint density at radius 1 is 1.14 bits per heavy atom. The van der Waals surface area contributed by atoms with E-state index in [2.05, 4.69) is 5.32 Å². The molecule has 0 aromatic carbocycles. The van der Waals surface area contributed by atoms with Crippen molar-refractivity contribution in [1.29, 1.82) is 0 Å². The van der Waals surface area contributed by atoms with Gasteiger partial charge in [0, 0.05) is 0 Å². The number of amides is 1. The zero-order valence-corrected chi connectivity index (χ0v) is 15.4. The molecule has 0 heterocycles. The van der Waals surface area contributed by atoms with E-state index in [1.165, 1.54) is 0 Å². The topological polar surface area (TPSA) is 139 Å². The molecular weight excluding hydrogens is 414 g/mol. The predicted octanol–water partition coefficient (Wildman–Crippen LogP) is -0.464. The molecule has 0 aliphatic rings. The normalized spacial score (nSPS) is 14.1. The van der Waals surface area contributed by atoms with Crippen molar-refractivity contribution in [3.63, 3.8) is 0 Å². The number of carbonyl (C=O) groups excluding carboxylic acids is 1. The summed E-state index contributed by atoms with van der Waals surface area (Å²) in [7, 11) is 0. The number of aliphatic carboxylic acids is 2. The molecule has 21 heavy (non-hydrogen) atoms. The first-order chi connectivity index (χ1) is 9.53. The molecule has 0 aromatic rings. The number of carboxylic acids is 2. The molecule has 0 radical (unpaired) electrons. The Hall–Kier alpha value is -0.791. The summed E-state index contributed by atoms with van der Waals surface area (Å²) >= 11 is -0.105. The molecule has 0 spiro atoms. The summed E-state index contributed by atoms with van der Waals surface area (Å²) < 4.78 is 5.00. The van der Waals surface area contributed by atoms with E-state index in [4.69, 9.17) is 20.7 Å². The van der Waals surface area contributed by atoms with Gasteiger partial charge in [-0.1, -0.05) is 0 Å². The standard InChI is InChI=1S/C11H20N2O6Se2/c1-11(2,3)19-10(18)13-7(9(16)17)5-21-20-4-6(12)8(14)15/h6-7H,4-5,12H2,1-3H3,(H,13,18)(H,14,15)(H,16,17)/t6-,7-/m0/s1. The Labute approximate surface area is 134 Å². The molecule has 0 aliphatic carbocycles. The number of alkyl carbamates (subject to hydrolysis) is 1. The molecule has 0 saturated carbocycles. The average molecular weight is 434 g/mol. The summed E-state index contributed by atoms with van der Waals surface area (Å²) in [6.07, 6.45) is -0.777. The number of nitrogens with two attached hydrogens (primary N) is 1. The summed E-state index contributed by atoms with van der Waals surface area (Å²) in [5.41, 5.74) is 4.67. The first-order valence-corrected chi connectivity index (χ1v) is 12.7. The van der Waals surface area contributed by atoms with Crippen LogP contribution in [-0.2, 0) is 14.3 Å². The van der Waals surface area contributed by atoms with Crippen molar-refractivity contribution < 1.29 is 29.3 Å². The molecule has 0 bridgehead atoms. The van der Waals surface area contributed by atoms with Crippen molar-refractivity contribution in [1.82, 2.24) is 5.32 Å². The second-order valence-electron chi connectivity index (χ2n) is 5.05. The van der Waals surface area contributed by atoms with Gasteiger partial charge in [0.25, 0.3) is 0 Å². The summed E-state index contributed by atoms with van der Waals surface area (Å²) in [6, 6.07) is -1.93. The van der Waals surface area contributed by atoms with Crippen LogP contribution in [0.2, 0.25) is 10.6 Å². The van der Waals surface area contributed by atoms with Gasteiger partial charge in [-0.25, -0.2) is 0 Å². The van der Waals surface area contributed by atoms with Crippen molar-refractivity contribution in [3.05, 3.63) is 0 Å². The second-order valence-corrected chi connectivity index (χ2v) is 12.6. The van der Waals surface area contributed by atoms with Crippen LogP contribution in [0.15, 0.2) is 0 Å². The first-order valence-electron chi connectivity index (χ1n) is 5.98.